The van der Waals surface area contributed by atoms with Gasteiger partial charge in [-0.25, -0.2) is 0 Å². The molecule has 0 spiro atoms. The van der Waals surface area contributed by atoms with Crippen LogP contribution in [-0.2, 0) is 24.3 Å². The van der Waals surface area contributed by atoms with Crippen LogP contribution in [0.1, 0.15) is 49.4 Å². The topological polar surface area (TPSA) is 25.2 Å². The van der Waals surface area contributed by atoms with Crippen molar-refractivity contribution in [1.82, 2.24) is 9.47 Å². The molecular formula is C26H31ClN2O. The van der Waals surface area contributed by atoms with E-state index in [4.69, 9.17) is 11.6 Å². The van der Waals surface area contributed by atoms with E-state index < -0.39 is 0 Å². The first-order chi connectivity index (χ1) is 14.7. The van der Waals surface area contributed by atoms with Crippen molar-refractivity contribution in [3.8, 4) is 0 Å². The van der Waals surface area contributed by atoms with E-state index in [0.717, 1.165) is 55.1 Å². The minimum Gasteiger partial charge on any atom is -0.345 e. The molecule has 0 aliphatic heterocycles. The van der Waals surface area contributed by atoms with Crippen molar-refractivity contribution in [3.63, 3.8) is 0 Å². The van der Waals surface area contributed by atoms with E-state index in [1.807, 2.05) is 41.3 Å². The standard InChI is InChI=1S/C26H31ClN2O/c1-2-3-7-17-29(26(30)16-15-22-10-5-4-6-11-22)21-25-14-9-18-28(25)20-23-12-8-13-24(27)19-23/h4-6,8-14,18-19H,2-3,7,15-17,20-21H2,1H3. The molecule has 0 atom stereocenters. The number of carbonyl (C=O) groups is 1. The number of hydrogen-bond donors (Lipinski definition) is 0. The Morgan fingerprint density at radius 1 is 0.967 bits per heavy atom. The van der Waals surface area contributed by atoms with Crippen LogP contribution in [0.2, 0.25) is 5.02 Å². The molecule has 0 fully saturated rings. The second kappa shape index (κ2) is 11.6. The smallest absolute Gasteiger partial charge is 0.223 e. The highest BCUT2D eigenvalue weighted by atomic mass is 35.5. The number of hydrogen-bond acceptors (Lipinski definition) is 1. The van der Waals surface area contributed by atoms with Crippen molar-refractivity contribution in [2.75, 3.05) is 6.54 Å². The highest BCUT2D eigenvalue weighted by Crippen LogP contribution is 2.16. The fraction of sp³-hybridized carbons (Fsp3) is 0.346. The number of aromatic nitrogens is 1. The zero-order chi connectivity index (χ0) is 21.2. The Kier molecular flexibility index (Phi) is 8.58. The van der Waals surface area contributed by atoms with Crippen LogP contribution in [0.4, 0.5) is 0 Å². The largest absolute Gasteiger partial charge is 0.345 e. The van der Waals surface area contributed by atoms with Crippen LogP contribution in [-0.4, -0.2) is 21.9 Å². The number of aryl methyl sites for hydroxylation is 1. The van der Waals surface area contributed by atoms with Gasteiger partial charge in [-0.1, -0.05) is 73.8 Å². The van der Waals surface area contributed by atoms with Gasteiger partial charge >= 0.3 is 0 Å². The summed E-state index contributed by atoms with van der Waals surface area (Å²) in [5.74, 6) is 0.227. The third-order valence-corrected chi connectivity index (χ3v) is 5.61. The van der Waals surface area contributed by atoms with Crippen molar-refractivity contribution in [2.45, 2.75) is 52.1 Å². The fourth-order valence-corrected chi connectivity index (χ4v) is 3.89. The Morgan fingerprint density at radius 3 is 2.53 bits per heavy atom. The lowest BCUT2D eigenvalue weighted by Crippen LogP contribution is -2.32. The number of benzene rings is 2. The highest BCUT2D eigenvalue weighted by molar-refractivity contribution is 6.30. The van der Waals surface area contributed by atoms with Gasteiger partial charge in [-0.05, 0) is 48.2 Å². The lowest BCUT2D eigenvalue weighted by Gasteiger charge is -2.24. The van der Waals surface area contributed by atoms with Gasteiger partial charge in [-0.2, -0.15) is 0 Å². The summed E-state index contributed by atoms with van der Waals surface area (Å²) in [6.45, 7) is 4.40. The van der Waals surface area contributed by atoms with E-state index >= 15 is 0 Å². The third-order valence-electron chi connectivity index (χ3n) is 5.37. The molecule has 0 radical (unpaired) electrons. The van der Waals surface area contributed by atoms with E-state index in [2.05, 4.69) is 48.0 Å². The van der Waals surface area contributed by atoms with E-state index in [1.165, 1.54) is 5.56 Å². The van der Waals surface area contributed by atoms with Gasteiger partial charge in [0.1, 0.15) is 0 Å². The first-order valence-corrected chi connectivity index (χ1v) is 11.2. The summed E-state index contributed by atoms with van der Waals surface area (Å²) in [5.41, 5.74) is 3.52. The molecule has 3 nitrogen and oxygen atoms in total. The molecule has 2 aromatic carbocycles. The predicted molar refractivity (Wildman–Crippen MR) is 125 cm³/mol. The number of nitrogens with zero attached hydrogens (tertiary/aromatic N) is 2. The number of amides is 1. The average molecular weight is 423 g/mol. The molecule has 30 heavy (non-hydrogen) atoms. The first-order valence-electron chi connectivity index (χ1n) is 10.9. The monoisotopic (exact) mass is 422 g/mol. The van der Waals surface area contributed by atoms with Crippen LogP contribution in [0, 0.1) is 0 Å². The summed E-state index contributed by atoms with van der Waals surface area (Å²) in [7, 11) is 0. The second-order valence-corrected chi connectivity index (χ2v) is 8.20. The van der Waals surface area contributed by atoms with Crippen molar-refractivity contribution in [1.29, 1.82) is 0 Å². The number of unbranched alkanes of at least 4 members (excludes halogenated alkanes) is 2. The van der Waals surface area contributed by atoms with Crippen LogP contribution in [0.15, 0.2) is 72.9 Å². The quantitative estimate of drug-likeness (QED) is 0.331. The normalized spacial score (nSPS) is 10.9. The van der Waals surface area contributed by atoms with Crippen molar-refractivity contribution in [2.24, 2.45) is 0 Å². The SMILES string of the molecule is CCCCCN(Cc1cccn1Cc1cccc(Cl)c1)C(=O)CCc1ccccc1. The molecule has 1 amide bonds. The Bertz CT molecular complexity index is 920. The maximum atomic E-state index is 13.1. The molecule has 1 heterocycles. The molecule has 0 saturated carbocycles. The Balaban J connectivity index is 1.67. The average Bonchev–Trinajstić information content (AvgIpc) is 3.18. The molecule has 1 aromatic heterocycles. The maximum absolute atomic E-state index is 13.1. The number of carbonyl (C=O) groups excluding carboxylic acids is 1. The van der Waals surface area contributed by atoms with Crippen LogP contribution in [0.5, 0.6) is 0 Å². The minimum atomic E-state index is 0.227. The van der Waals surface area contributed by atoms with Gasteiger partial charge in [0.2, 0.25) is 5.91 Å². The van der Waals surface area contributed by atoms with Crippen LogP contribution < -0.4 is 0 Å². The summed E-state index contributed by atoms with van der Waals surface area (Å²) in [6.07, 6.45) is 6.75. The highest BCUT2D eigenvalue weighted by Gasteiger charge is 2.16. The first kappa shape index (κ1) is 22.2. The summed E-state index contributed by atoms with van der Waals surface area (Å²) < 4.78 is 2.21. The van der Waals surface area contributed by atoms with Gasteiger partial charge in [0.05, 0.1) is 6.54 Å². The number of halogens is 1. The van der Waals surface area contributed by atoms with Gasteiger partial charge in [0, 0.05) is 36.4 Å². The summed E-state index contributed by atoms with van der Waals surface area (Å²) in [5, 5.41) is 0.749. The molecule has 0 aliphatic carbocycles. The minimum absolute atomic E-state index is 0.227. The number of rotatable bonds is 11. The maximum Gasteiger partial charge on any atom is 0.223 e. The van der Waals surface area contributed by atoms with Gasteiger partial charge < -0.3 is 9.47 Å². The summed E-state index contributed by atoms with van der Waals surface area (Å²) in [6, 6.07) is 22.4. The van der Waals surface area contributed by atoms with E-state index in [0.29, 0.717) is 13.0 Å². The molecule has 0 saturated heterocycles. The van der Waals surface area contributed by atoms with Crippen molar-refractivity contribution >= 4 is 17.5 Å². The fourth-order valence-electron chi connectivity index (χ4n) is 3.67. The van der Waals surface area contributed by atoms with E-state index in [-0.39, 0.29) is 5.91 Å². The Labute approximate surface area is 185 Å². The van der Waals surface area contributed by atoms with Crippen LogP contribution in [0.3, 0.4) is 0 Å². The molecule has 0 bridgehead atoms. The molecule has 158 valence electrons. The summed E-state index contributed by atoms with van der Waals surface area (Å²) in [4.78, 5) is 15.1. The zero-order valence-electron chi connectivity index (χ0n) is 17.8. The Hall–Kier alpha value is -2.52. The lowest BCUT2D eigenvalue weighted by molar-refractivity contribution is -0.132. The van der Waals surface area contributed by atoms with Crippen LogP contribution >= 0.6 is 11.6 Å². The molecule has 3 rings (SSSR count). The molecular weight excluding hydrogens is 392 g/mol. The molecule has 3 aromatic rings. The van der Waals surface area contributed by atoms with E-state index in [1.54, 1.807) is 0 Å². The van der Waals surface area contributed by atoms with Gasteiger partial charge in [-0.3, -0.25) is 4.79 Å². The molecule has 0 unspecified atom stereocenters. The third kappa shape index (κ3) is 6.77. The van der Waals surface area contributed by atoms with Gasteiger partial charge in [0.25, 0.3) is 0 Å². The van der Waals surface area contributed by atoms with Crippen molar-refractivity contribution in [3.05, 3.63) is 94.8 Å². The zero-order valence-corrected chi connectivity index (χ0v) is 18.5. The van der Waals surface area contributed by atoms with Crippen molar-refractivity contribution < 1.29 is 4.79 Å². The van der Waals surface area contributed by atoms with Gasteiger partial charge in [-0.15, -0.1) is 0 Å². The predicted octanol–water partition coefficient (Wildman–Crippen LogP) is 6.34. The lowest BCUT2D eigenvalue weighted by atomic mass is 10.1. The molecule has 0 aliphatic rings. The van der Waals surface area contributed by atoms with Gasteiger partial charge in [0.15, 0.2) is 0 Å². The van der Waals surface area contributed by atoms with Crippen LogP contribution in [0.25, 0.3) is 0 Å². The van der Waals surface area contributed by atoms with E-state index in [9.17, 15) is 4.79 Å². The Morgan fingerprint density at radius 2 is 1.77 bits per heavy atom. The molecule has 4 heteroatoms. The molecule has 0 N–H and O–H groups in total. The second-order valence-electron chi connectivity index (χ2n) is 7.77. The summed E-state index contributed by atoms with van der Waals surface area (Å²) >= 11 is 6.14.